The molecule has 0 saturated heterocycles. The van der Waals surface area contributed by atoms with Crippen LogP contribution in [-0.4, -0.2) is 22.4 Å². The van der Waals surface area contributed by atoms with Crippen LogP contribution in [0.2, 0.25) is 5.02 Å². The van der Waals surface area contributed by atoms with Crippen molar-refractivity contribution in [2.45, 2.75) is 13.2 Å². The van der Waals surface area contributed by atoms with Gasteiger partial charge in [0, 0.05) is 10.6 Å². The maximum Gasteiger partial charge on any atom is 0.182 e. The van der Waals surface area contributed by atoms with Crippen LogP contribution >= 0.6 is 11.6 Å². The predicted molar refractivity (Wildman–Crippen MR) is 113 cm³/mol. The molecular formula is C23H19ClN2O3. The average Bonchev–Trinajstić information content (AvgIpc) is 3.10. The summed E-state index contributed by atoms with van der Waals surface area (Å²) in [5.41, 5.74) is 2.30. The molecule has 5 nitrogen and oxygen atoms in total. The largest absolute Gasteiger partial charge is 0.493 e. The van der Waals surface area contributed by atoms with Crippen LogP contribution in [0.15, 0.2) is 72.8 Å². The summed E-state index contributed by atoms with van der Waals surface area (Å²) in [6, 6.07) is 22.0. The van der Waals surface area contributed by atoms with Crippen molar-refractivity contribution in [3.05, 3.63) is 89.2 Å². The highest BCUT2D eigenvalue weighted by Crippen LogP contribution is 2.27. The van der Waals surface area contributed by atoms with Crippen LogP contribution in [0.3, 0.4) is 0 Å². The number of carbonyl (C=O) groups is 1. The summed E-state index contributed by atoms with van der Waals surface area (Å²) in [7, 11) is 1.60. The van der Waals surface area contributed by atoms with Gasteiger partial charge in [-0.25, -0.2) is 4.98 Å². The predicted octanol–water partition coefficient (Wildman–Crippen LogP) is 5.16. The minimum atomic E-state index is -0.0247. The Balaban J connectivity index is 1.63. The number of halogens is 1. The Hall–Kier alpha value is -3.31. The standard InChI is InChI=1S/C23H19ClN2O3/c1-28-21-8-4-5-9-22(21)29-15-23-25-18-6-2-3-7-19(18)26(23)14-20(27)16-10-12-17(24)13-11-16/h2-13H,14-15H2,1H3. The second kappa shape index (κ2) is 8.37. The van der Waals surface area contributed by atoms with Crippen LogP contribution in [0.1, 0.15) is 16.2 Å². The van der Waals surface area contributed by atoms with E-state index in [4.69, 9.17) is 21.1 Å². The number of hydrogen-bond acceptors (Lipinski definition) is 4. The van der Waals surface area contributed by atoms with Crippen LogP contribution in [0.5, 0.6) is 11.5 Å². The van der Waals surface area contributed by atoms with Crippen molar-refractivity contribution in [1.82, 2.24) is 9.55 Å². The van der Waals surface area contributed by atoms with Gasteiger partial charge in [-0.2, -0.15) is 0 Å². The van der Waals surface area contributed by atoms with E-state index in [2.05, 4.69) is 4.98 Å². The minimum Gasteiger partial charge on any atom is -0.493 e. The van der Waals surface area contributed by atoms with Crippen LogP contribution in [0, 0.1) is 0 Å². The number of ketones is 1. The summed E-state index contributed by atoms with van der Waals surface area (Å²) < 4.78 is 13.2. The molecule has 1 heterocycles. The van der Waals surface area contributed by atoms with Gasteiger partial charge in [0.1, 0.15) is 12.4 Å². The topological polar surface area (TPSA) is 53.4 Å². The number of benzene rings is 3. The molecule has 29 heavy (non-hydrogen) atoms. The lowest BCUT2D eigenvalue weighted by Gasteiger charge is -2.12. The number of methoxy groups -OCH3 is 1. The summed E-state index contributed by atoms with van der Waals surface area (Å²) in [6.45, 7) is 0.371. The Kier molecular flexibility index (Phi) is 5.49. The molecule has 0 saturated carbocycles. The number of nitrogens with zero attached hydrogens (tertiary/aromatic N) is 2. The van der Waals surface area contributed by atoms with Crippen molar-refractivity contribution in [3.8, 4) is 11.5 Å². The molecule has 0 atom stereocenters. The summed E-state index contributed by atoms with van der Waals surface area (Å²) in [4.78, 5) is 17.5. The first-order chi connectivity index (χ1) is 14.2. The number of carbonyl (C=O) groups excluding carboxylic acids is 1. The molecule has 0 N–H and O–H groups in total. The van der Waals surface area contributed by atoms with Gasteiger partial charge in [0.25, 0.3) is 0 Å². The third kappa shape index (κ3) is 4.10. The zero-order valence-corrected chi connectivity index (χ0v) is 16.6. The van der Waals surface area contributed by atoms with Crippen LogP contribution in [-0.2, 0) is 13.2 Å². The van der Waals surface area contributed by atoms with E-state index in [0.29, 0.717) is 27.9 Å². The van der Waals surface area contributed by atoms with Gasteiger partial charge in [-0.15, -0.1) is 0 Å². The smallest absolute Gasteiger partial charge is 0.182 e. The zero-order valence-electron chi connectivity index (χ0n) is 15.8. The van der Waals surface area contributed by atoms with Crippen molar-refractivity contribution in [1.29, 1.82) is 0 Å². The van der Waals surface area contributed by atoms with Crippen LogP contribution in [0.25, 0.3) is 11.0 Å². The van der Waals surface area contributed by atoms with Gasteiger partial charge in [-0.05, 0) is 48.5 Å². The number of fused-ring (bicyclic) bond motifs is 1. The number of para-hydroxylation sites is 4. The molecule has 6 heteroatoms. The van der Waals surface area contributed by atoms with Gasteiger partial charge in [-0.3, -0.25) is 4.79 Å². The van der Waals surface area contributed by atoms with Gasteiger partial charge in [-0.1, -0.05) is 35.9 Å². The lowest BCUT2D eigenvalue weighted by Crippen LogP contribution is -2.14. The quantitative estimate of drug-likeness (QED) is 0.398. The Labute approximate surface area is 173 Å². The van der Waals surface area contributed by atoms with E-state index in [1.165, 1.54) is 0 Å². The molecule has 146 valence electrons. The van der Waals surface area contributed by atoms with E-state index in [0.717, 1.165) is 11.0 Å². The number of hydrogen-bond donors (Lipinski definition) is 0. The normalized spacial score (nSPS) is 10.8. The fourth-order valence-corrected chi connectivity index (χ4v) is 3.29. The Morgan fingerprint density at radius 1 is 0.966 bits per heavy atom. The second-order valence-electron chi connectivity index (χ2n) is 6.47. The monoisotopic (exact) mass is 406 g/mol. The lowest BCUT2D eigenvalue weighted by atomic mass is 10.1. The SMILES string of the molecule is COc1ccccc1OCc1nc2ccccc2n1CC(=O)c1ccc(Cl)cc1. The number of aromatic nitrogens is 2. The Bertz CT molecular complexity index is 1150. The van der Waals surface area contributed by atoms with E-state index in [1.54, 1.807) is 31.4 Å². The fraction of sp³-hybridized carbons (Fsp3) is 0.130. The molecule has 0 spiro atoms. The van der Waals surface area contributed by atoms with Crippen LogP contribution in [0.4, 0.5) is 0 Å². The first-order valence-corrected chi connectivity index (χ1v) is 9.52. The van der Waals surface area contributed by atoms with Crippen molar-refractivity contribution < 1.29 is 14.3 Å². The summed E-state index contributed by atoms with van der Waals surface area (Å²) >= 11 is 5.93. The van der Waals surface area contributed by atoms with Gasteiger partial charge >= 0.3 is 0 Å². The number of imidazole rings is 1. The first-order valence-electron chi connectivity index (χ1n) is 9.14. The summed E-state index contributed by atoms with van der Waals surface area (Å²) in [5.74, 6) is 1.91. The average molecular weight is 407 g/mol. The maximum absolute atomic E-state index is 12.8. The molecule has 0 bridgehead atoms. The van der Waals surface area contributed by atoms with Gasteiger partial charge in [0.15, 0.2) is 17.3 Å². The van der Waals surface area contributed by atoms with Crippen molar-refractivity contribution in [2.75, 3.05) is 7.11 Å². The van der Waals surface area contributed by atoms with E-state index < -0.39 is 0 Å². The van der Waals surface area contributed by atoms with Gasteiger partial charge < -0.3 is 14.0 Å². The third-order valence-corrected chi connectivity index (χ3v) is 4.88. The van der Waals surface area contributed by atoms with Gasteiger partial charge in [0.2, 0.25) is 0 Å². The van der Waals surface area contributed by atoms with Gasteiger partial charge in [0.05, 0.1) is 24.7 Å². The molecule has 4 rings (SSSR count). The molecule has 0 aliphatic carbocycles. The fourth-order valence-electron chi connectivity index (χ4n) is 3.16. The molecule has 0 radical (unpaired) electrons. The highest BCUT2D eigenvalue weighted by atomic mass is 35.5. The van der Waals surface area contributed by atoms with Crippen LogP contribution < -0.4 is 9.47 Å². The molecule has 0 unspecified atom stereocenters. The molecule has 0 aliphatic rings. The Morgan fingerprint density at radius 3 is 2.41 bits per heavy atom. The zero-order chi connectivity index (χ0) is 20.2. The van der Waals surface area contributed by atoms with Crippen molar-refractivity contribution in [3.63, 3.8) is 0 Å². The first kappa shape index (κ1) is 19.0. The Morgan fingerprint density at radius 2 is 1.66 bits per heavy atom. The highest BCUT2D eigenvalue weighted by Gasteiger charge is 2.16. The molecule has 4 aromatic rings. The maximum atomic E-state index is 12.8. The number of Topliss-reactive ketones (excluding diaryl/α,β-unsaturated/α-hetero) is 1. The molecular weight excluding hydrogens is 388 g/mol. The number of ether oxygens (including phenoxy) is 2. The van der Waals surface area contributed by atoms with E-state index in [-0.39, 0.29) is 18.9 Å². The molecule has 1 aromatic heterocycles. The molecule has 0 amide bonds. The molecule has 0 fully saturated rings. The lowest BCUT2D eigenvalue weighted by molar-refractivity contribution is 0.0971. The summed E-state index contributed by atoms with van der Waals surface area (Å²) in [5, 5.41) is 0.598. The molecule has 0 aliphatic heterocycles. The van der Waals surface area contributed by atoms with E-state index >= 15 is 0 Å². The molecule has 3 aromatic carbocycles. The summed E-state index contributed by atoms with van der Waals surface area (Å²) in [6.07, 6.45) is 0. The van der Waals surface area contributed by atoms with Crippen molar-refractivity contribution in [2.24, 2.45) is 0 Å². The minimum absolute atomic E-state index is 0.0247. The highest BCUT2D eigenvalue weighted by molar-refractivity contribution is 6.30. The van der Waals surface area contributed by atoms with E-state index in [1.807, 2.05) is 53.1 Å². The number of rotatable bonds is 7. The van der Waals surface area contributed by atoms with E-state index in [9.17, 15) is 4.79 Å². The second-order valence-corrected chi connectivity index (χ2v) is 6.91. The van der Waals surface area contributed by atoms with Crippen molar-refractivity contribution >= 4 is 28.4 Å². The third-order valence-electron chi connectivity index (χ3n) is 4.63.